The van der Waals surface area contributed by atoms with Crippen molar-refractivity contribution in [1.29, 1.82) is 0 Å². The summed E-state index contributed by atoms with van der Waals surface area (Å²) in [5.41, 5.74) is 0.644. The highest BCUT2D eigenvalue weighted by atomic mass is 35.5. The Morgan fingerprint density at radius 3 is 2.68 bits per heavy atom. The summed E-state index contributed by atoms with van der Waals surface area (Å²) in [5, 5.41) is 17.4. The van der Waals surface area contributed by atoms with Crippen LogP contribution in [0.1, 0.15) is 42.4 Å². The van der Waals surface area contributed by atoms with Gasteiger partial charge in [0, 0.05) is 10.4 Å². The molecular formula is C26H22ClF3N4O3S. The SMILES string of the molecule is O=C1NC(=NC2CCC(C(=O)O)CC2)S/C1=C\c1ccc2c(cnn2Cc2ccc(Cl)cc2C(F)(F)F)c1. The third-order valence-corrected chi connectivity index (χ3v) is 7.82. The monoisotopic (exact) mass is 562 g/mol. The van der Waals surface area contributed by atoms with Gasteiger partial charge in [-0.3, -0.25) is 19.3 Å². The number of amides is 1. The first-order chi connectivity index (χ1) is 18.1. The number of aromatic nitrogens is 2. The van der Waals surface area contributed by atoms with E-state index in [0.29, 0.717) is 46.7 Å². The van der Waals surface area contributed by atoms with Crippen molar-refractivity contribution in [3.05, 3.63) is 69.2 Å². The average Bonchev–Trinajstić information content (AvgIpc) is 3.42. The molecular weight excluding hydrogens is 541 g/mol. The molecule has 1 saturated carbocycles. The Bertz CT molecular complexity index is 1480. The Balaban J connectivity index is 1.31. The smallest absolute Gasteiger partial charge is 0.416 e. The van der Waals surface area contributed by atoms with E-state index in [1.54, 1.807) is 24.4 Å². The number of rotatable bonds is 5. The number of benzene rings is 2. The molecule has 2 aromatic carbocycles. The highest BCUT2D eigenvalue weighted by Crippen LogP contribution is 2.35. The van der Waals surface area contributed by atoms with Gasteiger partial charge in [0.15, 0.2) is 5.17 Å². The van der Waals surface area contributed by atoms with Crippen LogP contribution in [0.25, 0.3) is 17.0 Å². The van der Waals surface area contributed by atoms with Crippen molar-refractivity contribution in [2.75, 3.05) is 0 Å². The molecule has 0 atom stereocenters. The maximum Gasteiger partial charge on any atom is 0.416 e. The number of nitrogens with one attached hydrogen (secondary N) is 1. The Morgan fingerprint density at radius 1 is 1.21 bits per heavy atom. The summed E-state index contributed by atoms with van der Waals surface area (Å²) in [6.45, 7) is -0.0809. The fraction of sp³-hybridized carbons (Fsp3) is 0.308. The molecule has 38 heavy (non-hydrogen) atoms. The molecule has 0 spiro atoms. The number of aliphatic carboxylic acids is 1. The Hall–Kier alpha value is -3.31. The van der Waals surface area contributed by atoms with Crippen LogP contribution < -0.4 is 5.32 Å². The zero-order valence-corrected chi connectivity index (χ0v) is 21.4. The molecule has 1 aliphatic carbocycles. The van der Waals surface area contributed by atoms with E-state index in [1.807, 2.05) is 6.07 Å². The van der Waals surface area contributed by atoms with Crippen molar-refractivity contribution in [3.63, 3.8) is 0 Å². The third-order valence-electron chi connectivity index (χ3n) is 6.66. The quantitative estimate of drug-likeness (QED) is 0.374. The molecule has 0 unspecified atom stereocenters. The van der Waals surface area contributed by atoms with Crippen LogP contribution in [0.15, 0.2) is 52.5 Å². The number of fused-ring (bicyclic) bond motifs is 1. The second-order valence-electron chi connectivity index (χ2n) is 9.26. The second kappa shape index (κ2) is 10.5. The number of amidine groups is 1. The molecule has 1 aliphatic heterocycles. The zero-order valence-electron chi connectivity index (χ0n) is 19.8. The van der Waals surface area contributed by atoms with Crippen LogP contribution in [0.4, 0.5) is 13.2 Å². The lowest BCUT2D eigenvalue weighted by molar-refractivity contribution is -0.143. The van der Waals surface area contributed by atoms with Gasteiger partial charge in [0.1, 0.15) is 0 Å². The highest BCUT2D eigenvalue weighted by Gasteiger charge is 2.34. The standard InChI is InChI=1S/C26H22ClF3N4O3S/c27-18-5-2-16(20(11-18)26(28,29)30)13-34-21-8-1-14(9-17(21)12-31-34)10-22-23(35)33-25(38-22)32-19-6-3-15(4-7-19)24(36)37/h1-2,5,8-12,15,19H,3-4,6-7,13H2,(H,36,37)(H,32,33,35)/b22-10-. The first-order valence-corrected chi connectivity index (χ1v) is 13.1. The molecule has 12 heteroatoms. The normalized spacial score (nSPS) is 22.4. The predicted molar refractivity (Wildman–Crippen MR) is 140 cm³/mol. The number of halogens is 4. The van der Waals surface area contributed by atoms with E-state index in [0.717, 1.165) is 11.6 Å². The highest BCUT2D eigenvalue weighted by molar-refractivity contribution is 8.18. The molecule has 3 aromatic rings. The fourth-order valence-electron chi connectivity index (χ4n) is 4.69. The van der Waals surface area contributed by atoms with Crippen LogP contribution in [-0.4, -0.2) is 38.0 Å². The minimum absolute atomic E-state index is 0.0108. The van der Waals surface area contributed by atoms with Crippen molar-refractivity contribution in [1.82, 2.24) is 15.1 Å². The number of hydrogen-bond donors (Lipinski definition) is 2. The molecule has 198 valence electrons. The number of carbonyl (C=O) groups is 2. The van der Waals surface area contributed by atoms with Crippen molar-refractivity contribution in [2.24, 2.45) is 10.9 Å². The summed E-state index contributed by atoms with van der Waals surface area (Å²) in [4.78, 5) is 28.7. The largest absolute Gasteiger partial charge is 0.481 e. The molecule has 1 saturated heterocycles. The third kappa shape index (κ3) is 5.73. The number of nitrogens with zero attached hydrogens (tertiary/aromatic N) is 3. The van der Waals surface area contributed by atoms with E-state index in [9.17, 15) is 22.8 Å². The summed E-state index contributed by atoms with van der Waals surface area (Å²) in [6, 6.07) is 9.01. The molecule has 1 amide bonds. The van der Waals surface area contributed by atoms with Crippen LogP contribution >= 0.6 is 23.4 Å². The van der Waals surface area contributed by atoms with Gasteiger partial charge in [-0.05, 0) is 78.9 Å². The topological polar surface area (TPSA) is 96.6 Å². The second-order valence-corrected chi connectivity index (χ2v) is 10.7. The van der Waals surface area contributed by atoms with Crippen molar-refractivity contribution in [3.8, 4) is 0 Å². The van der Waals surface area contributed by atoms with Crippen LogP contribution in [0.3, 0.4) is 0 Å². The minimum atomic E-state index is -4.54. The van der Waals surface area contributed by atoms with Crippen LogP contribution in [-0.2, 0) is 22.3 Å². The van der Waals surface area contributed by atoms with Gasteiger partial charge in [-0.25, -0.2) is 0 Å². The first-order valence-electron chi connectivity index (χ1n) is 11.9. The van der Waals surface area contributed by atoms with Crippen LogP contribution in [0, 0.1) is 5.92 Å². The molecule has 2 N–H and O–H groups in total. The number of carboxylic acid groups (broad SMARTS) is 1. The van der Waals surface area contributed by atoms with E-state index in [-0.39, 0.29) is 35.0 Å². The van der Waals surface area contributed by atoms with E-state index >= 15 is 0 Å². The average molecular weight is 563 g/mol. The number of alkyl halides is 3. The first kappa shape index (κ1) is 26.3. The van der Waals surface area contributed by atoms with Crippen molar-refractivity contribution < 1.29 is 27.9 Å². The van der Waals surface area contributed by atoms with Crippen LogP contribution in [0.2, 0.25) is 5.02 Å². The molecule has 0 bridgehead atoms. The van der Waals surface area contributed by atoms with Gasteiger partial charge in [-0.1, -0.05) is 23.7 Å². The van der Waals surface area contributed by atoms with E-state index in [4.69, 9.17) is 16.7 Å². The van der Waals surface area contributed by atoms with Gasteiger partial charge in [-0.2, -0.15) is 18.3 Å². The molecule has 5 rings (SSSR count). The number of carboxylic acids is 1. The molecule has 2 heterocycles. The predicted octanol–water partition coefficient (Wildman–Crippen LogP) is 5.96. The number of carbonyl (C=O) groups excluding carboxylic acids is 1. The Kier molecular flexibility index (Phi) is 7.23. The lowest BCUT2D eigenvalue weighted by Crippen LogP contribution is -2.26. The van der Waals surface area contributed by atoms with Crippen LogP contribution in [0.5, 0.6) is 0 Å². The summed E-state index contributed by atoms with van der Waals surface area (Å²) in [7, 11) is 0. The van der Waals surface area contributed by atoms with Gasteiger partial charge >= 0.3 is 12.1 Å². The molecule has 7 nitrogen and oxygen atoms in total. The van der Waals surface area contributed by atoms with Gasteiger partial charge in [-0.15, -0.1) is 0 Å². The summed E-state index contributed by atoms with van der Waals surface area (Å²) < 4.78 is 42.0. The lowest BCUT2D eigenvalue weighted by Gasteiger charge is -2.23. The Labute approximate surface area is 224 Å². The maximum absolute atomic E-state index is 13.5. The number of thioether (sulfide) groups is 1. The number of hydrogen-bond acceptors (Lipinski definition) is 5. The zero-order chi connectivity index (χ0) is 27.0. The molecule has 0 radical (unpaired) electrons. The Morgan fingerprint density at radius 2 is 1.97 bits per heavy atom. The fourth-order valence-corrected chi connectivity index (χ4v) is 5.76. The maximum atomic E-state index is 13.5. The van der Waals surface area contributed by atoms with Gasteiger partial charge < -0.3 is 10.4 Å². The summed E-state index contributed by atoms with van der Waals surface area (Å²) in [6.07, 6.45) is 1.23. The van der Waals surface area contributed by atoms with Gasteiger partial charge in [0.05, 0.1) is 40.7 Å². The molecule has 2 fully saturated rings. The summed E-state index contributed by atoms with van der Waals surface area (Å²) in [5.74, 6) is -1.38. The van der Waals surface area contributed by atoms with Gasteiger partial charge in [0.25, 0.3) is 5.91 Å². The van der Waals surface area contributed by atoms with Gasteiger partial charge in [0.2, 0.25) is 0 Å². The van der Waals surface area contributed by atoms with Crippen molar-refractivity contribution >= 4 is 57.4 Å². The number of aliphatic imine (C=N–C) groups is 1. The van der Waals surface area contributed by atoms with E-state index in [2.05, 4.69) is 15.4 Å². The molecule has 1 aromatic heterocycles. The van der Waals surface area contributed by atoms with E-state index < -0.39 is 17.7 Å². The summed E-state index contributed by atoms with van der Waals surface area (Å²) >= 11 is 7.01. The van der Waals surface area contributed by atoms with E-state index in [1.165, 1.54) is 28.6 Å². The molecule has 2 aliphatic rings. The minimum Gasteiger partial charge on any atom is -0.481 e. The lowest BCUT2D eigenvalue weighted by atomic mass is 9.86. The van der Waals surface area contributed by atoms with Crippen molar-refractivity contribution in [2.45, 2.75) is 44.4 Å².